The lowest BCUT2D eigenvalue weighted by atomic mass is 10.0. The summed E-state index contributed by atoms with van der Waals surface area (Å²) in [6.45, 7) is 1.36. The Kier molecular flexibility index (Phi) is 6.57. The van der Waals surface area contributed by atoms with Crippen molar-refractivity contribution in [2.24, 2.45) is 5.92 Å². The van der Waals surface area contributed by atoms with Crippen molar-refractivity contribution in [2.45, 2.75) is 32.2 Å². The third-order valence-electron chi connectivity index (χ3n) is 6.19. The van der Waals surface area contributed by atoms with Crippen LogP contribution in [0.5, 0.6) is 5.75 Å². The summed E-state index contributed by atoms with van der Waals surface area (Å²) in [4.78, 5) is 16.8. The lowest BCUT2D eigenvalue weighted by molar-refractivity contribution is 0.0950. The Balaban J connectivity index is 1.29. The van der Waals surface area contributed by atoms with Crippen LogP contribution in [-0.4, -0.2) is 32.3 Å². The van der Waals surface area contributed by atoms with E-state index in [1.807, 2.05) is 10.7 Å². The van der Waals surface area contributed by atoms with E-state index in [1.54, 1.807) is 36.5 Å². The van der Waals surface area contributed by atoms with E-state index in [-0.39, 0.29) is 23.0 Å². The number of carbonyl (C=O) groups is 1. The molecule has 2 N–H and O–H groups in total. The minimum Gasteiger partial charge on any atom is -0.507 e. The molecule has 2 heterocycles. The number of hydrogen-bond donors (Lipinski definition) is 2. The van der Waals surface area contributed by atoms with Gasteiger partial charge >= 0.3 is 0 Å². The molecule has 35 heavy (non-hydrogen) atoms. The fraction of sp³-hybridized carbons (Fsp3) is 0.250. The predicted octanol–water partition coefficient (Wildman–Crippen LogP) is 5.23. The second kappa shape index (κ2) is 10.1. The molecule has 0 spiro atoms. The van der Waals surface area contributed by atoms with E-state index in [0.717, 1.165) is 34.6 Å². The minimum atomic E-state index is -0.295. The molecule has 1 fully saturated rings. The van der Waals surface area contributed by atoms with Crippen molar-refractivity contribution in [3.63, 3.8) is 0 Å². The first-order chi connectivity index (χ1) is 17.1. The number of para-hydroxylation sites is 1. The van der Waals surface area contributed by atoms with E-state index < -0.39 is 0 Å². The van der Waals surface area contributed by atoms with Gasteiger partial charge in [0.25, 0.3) is 5.91 Å². The molecule has 178 valence electrons. The average Bonchev–Trinajstić information content (AvgIpc) is 3.59. The monoisotopic (exact) mass is 470 g/mol. The molecule has 1 aliphatic rings. The van der Waals surface area contributed by atoms with Gasteiger partial charge in [-0.05, 0) is 85.7 Å². The average molecular weight is 471 g/mol. The molecule has 2 aromatic heterocycles. The van der Waals surface area contributed by atoms with Crippen LogP contribution in [-0.2, 0) is 13.0 Å². The summed E-state index contributed by atoms with van der Waals surface area (Å²) in [5.74, 6) is 0.0914. The first-order valence-electron chi connectivity index (χ1n) is 11.9. The summed E-state index contributed by atoms with van der Waals surface area (Å²) in [6.07, 6.45) is 7.74. The number of phenols is 1. The van der Waals surface area contributed by atoms with Crippen molar-refractivity contribution in [1.29, 1.82) is 0 Å². The molecule has 4 aromatic rings. The zero-order valence-corrected chi connectivity index (χ0v) is 19.3. The molecule has 0 bridgehead atoms. The van der Waals surface area contributed by atoms with Gasteiger partial charge in [0, 0.05) is 42.3 Å². The number of amides is 1. The highest BCUT2D eigenvalue weighted by molar-refractivity contribution is 5.96. The Morgan fingerprint density at radius 3 is 2.66 bits per heavy atom. The Morgan fingerprint density at radius 2 is 1.89 bits per heavy atom. The van der Waals surface area contributed by atoms with Gasteiger partial charge < -0.3 is 10.4 Å². The SMILES string of the molecule is O=C(NCCCc1cc(-c2cn(CC3CC3)nc2-c2ccc(F)cc2)ccn1)c1ccccc1O. The number of halogens is 1. The van der Waals surface area contributed by atoms with Crippen LogP contribution >= 0.6 is 0 Å². The van der Waals surface area contributed by atoms with Gasteiger partial charge in [0.2, 0.25) is 0 Å². The van der Waals surface area contributed by atoms with E-state index in [4.69, 9.17) is 5.10 Å². The largest absolute Gasteiger partial charge is 0.507 e. The van der Waals surface area contributed by atoms with Gasteiger partial charge in [-0.3, -0.25) is 14.5 Å². The van der Waals surface area contributed by atoms with Crippen LogP contribution in [0.15, 0.2) is 73.1 Å². The molecule has 0 atom stereocenters. The van der Waals surface area contributed by atoms with E-state index in [9.17, 15) is 14.3 Å². The van der Waals surface area contributed by atoms with Crippen LogP contribution < -0.4 is 5.32 Å². The first-order valence-corrected chi connectivity index (χ1v) is 11.9. The fourth-order valence-corrected chi connectivity index (χ4v) is 4.13. The maximum absolute atomic E-state index is 13.5. The highest BCUT2D eigenvalue weighted by atomic mass is 19.1. The lowest BCUT2D eigenvalue weighted by Gasteiger charge is -2.08. The standard InChI is InChI=1S/C28H27FN4O2/c29-22-11-9-20(10-12-22)27-25(18-33(32-27)17-19-7-8-19)21-13-15-30-23(16-21)4-3-14-31-28(35)24-5-1-2-6-26(24)34/h1-2,5-6,9-13,15-16,18-19,34H,3-4,7-8,14,17H2,(H,31,35). The van der Waals surface area contributed by atoms with Crippen molar-refractivity contribution in [1.82, 2.24) is 20.1 Å². The van der Waals surface area contributed by atoms with E-state index >= 15 is 0 Å². The second-order valence-electron chi connectivity index (χ2n) is 8.98. The molecular weight excluding hydrogens is 443 g/mol. The molecule has 2 aromatic carbocycles. The Bertz CT molecular complexity index is 1330. The summed E-state index contributed by atoms with van der Waals surface area (Å²) >= 11 is 0. The highest BCUT2D eigenvalue weighted by Gasteiger charge is 2.23. The molecule has 1 amide bonds. The van der Waals surface area contributed by atoms with E-state index in [0.29, 0.717) is 25.3 Å². The van der Waals surface area contributed by atoms with Crippen molar-refractivity contribution < 1.29 is 14.3 Å². The van der Waals surface area contributed by atoms with E-state index in [2.05, 4.69) is 22.6 Å². The van der Waals surface area contributed by atoms with Gasteiger partial charge in [0.1, 0.15) is 17.3 Å². The maximum atomic E-state index is 13.5. The Hall–Kier alpha value is -4.00. The number of nitrogens with zero attached hydrogens (tertiary/aromatic N) is 3. The number of pyridine rings is 1. The molecule has 0 radical (unpaired) electrons. The number of hydrogen-bond acceptors (Lipinski definition) is 4. The van der Waals surface area contributed by atoms with Gasteiger partial charge in [-0.15, -0.1) is 0 Å². The minimum absolute atomic E-state index is 0.0291. The normalized spacial score (nSPS) is 13.1. The number of aromatic nitrogens is 3. The molecule has 1 aliphatic carbocycles. The molecular formula is C28H27FN4O2. The Morgan fingerprint density at radius 1 is 1.09 bits per heavy atom. The topological polar surface area (TPSA) is 80.0 Å². The van der Waals surface area contributed by atoms with Crippen molar-refractivity contribution in [3.8, 4) is 28.1 Å². The zero-order valence-electron chi connectivity index (χ0n) is 19.3. The summed E-state index contributed by atoms with van der Waals surface area (Å²) < 4.78 is 15.5. The van der Waals surface area contributed by atoms with E-state index in [1.165, 1.54) is 31.0 Å². The molecule has 0 saturated heterocycles. The summed E-state index contributed by atoms with van der Waals surface area (Å²) in [5, 5.41) is 17.5. The van der Waals surface area contributed by atoms with Crippen molar-refractivity contribution in [3.05, 3.63) is 90.1 Å². The quantitative estimate of drug-likeness (QED) is 0.328. The van der Waals surface area contributed by atoms with Crippen LogP contribution in [0.2, 0.25) is 0 Å². The predicted molar refractivity (Wildman–Crippen MR) is 132 cm³/mol. The maximum Gasteiger partial charge on any atom is 0.255 e. The number of nitrogens with one attached hydrogen (secondary N) is 1. The highest BCUT2D eigenvalue weighted by Crippen LogP contribution is 2.34. The van der Waals surface area contributed by atoms with Gasteiger partial charge in [-0.25, -0.2) is 4.39 Å². The van der Waals surface area contributed by atoms with Gasteiger partial charge in [0.15, 0.2) is 0 Å². The number of aryl methyl sites for hydroxylation is 1. The third kappa shape index (κ3) is 5.57. The van der Waals surface area contributed by atoms with Gasteiger partial charge in [0.05, 0.1) is 5.56 Å². The first kappa shape index (κ1) is 22.8. The van der Waals surface area contributed by atoms with Crippen LogP contribution in [0, 0.1) is 11.7 Å². The van der Waals surface area contributed by atoms with Crippen molar-refractivity contribution >= 4 is 5.91 Å². The number of benzene rings is 2. The summed E-state index contributed by atoms with van der Waals surface area (Å²) in [7, 11) is 0. The van der Waals surface area contributed by atoms with Crippen LogP contribution in [0.1, 0.15) is 35.3 Å². The molecule has 6 nitrogen and oxygen atoms in total. The van der Waals surface area contributed by atoms with Crippen molar-refractivity contribution in [2.75, 3.05) is 6.54 Å². The smallest absolute Gasteiger partial charge is 0.255 e. The molecule has 0 aliphatic heterocycles. The lowest BCUT2D eigenvalue weighted by Crippen LogP contribution is -2.24. The van der Waals surface area contributed by atoms with Gasteiger partial charge in [-0.1, -0.05) is 12.1 Å². The number of carbonyl (C=O) groups excluding carboxylic acids is 1. The molecule has 1 saturated carbocycles. The summed E-state index contributed by atoms with van der Waals surface area (Å²) in [6, 6.07) is 17.0. The molecule has 7 heteroatoms. The van der Waals surface area contributed by atoms with Gasteiger partial charge in [-0.2, -0.15) is 5.10 Å². The fourth-order valence-electron chi connectivity index (χ4n) is 4.13. The molecule has 5 rings (SSSR count). The number of rotatable bonds is 9. The van der Waals surface area contributed by atoms with Crippen LogP contribution in [0.25, 0.3) is 22.4 Å². The Labute approximate surface area is 203 Å². The number of phenolic OH excluding ortho intramolecular Hbond substituents is 1. The van der Waals surface area contributed by atoms with Crippen LogP contribution in [0.4, 0.5) is 4.39 Å². The van der Waals surface area contributed by atoms with Crippen LogP contribution in [0.3, 0.4) is 0 Å². The second-order valence-corrected chi connectivity index (χ2v) is 8.98. The third-order valence-corrected chi connectivity index (χ3v) is 6.19. The molecule has 0 unspecified atom stereocenters. The summed E-state index contributed by atoms with van der Waals surface area (Å²) in [5.41, 5.74) is 4.89. The zero-order chi connectivity index (χ0) is 24.2. The number of aromatic hydroxyl groups is 1.